The molecule has 0 spiro atoms. The standard InChI is InChI=1S/C19H15N5O5/c25-17-15(13(9-20-17)10-4-2-1-3-5-10)18(26)23-22-16-12-8-11(24(28)29)6-7-14(12)21-19(16)27/h1-8,13,15,21,27H,9H2,(H,20,25)/t13-,15-/m1/s1. The van der Waals surface area contributed by atoms with Crippen molar-refractivity contribution < 1.29 is 19.6 Å². The molecule has 0 aliphatic carbocycles. The Hall–Kier alpha value is -4.08. The summed E-state index contributed by atoms with van der Waals surface area (Å²) >= 11 is 0. The van der Waals surface area contributed by atoms with Gasteiger partial charge < -0.3 is 15.4 Å². The molecule has 10 nitrogen and oxygen atoms in total. The number of azo groups is 1. The number of benzene rings is 2. The third-order valence-electron chi connectivity index (χ3n) is 4.87. The fourth-order valence-electron chi connectivity index (χ4n) is 3.44. The van der Waals surface area contributed by atoms with Gasteiger partial charge in [-0.3, -0.25) is 19.7 Å². The predicted octanol–water partition coefficient (Wildman–Crippen LogP) is 2.92. The number of fused-ring (bicyclic) bond motifs is 1. The van der Waals surface area contributed by atoms with E-state index in [4.69, 9.17) is 0 Å². The van der Waals surface area contributed by atoms with Gasteiger partial charge in [-0.05, 0) is 11.6 Å². The van der Waals surface area contributed by atoms with Gasteiger partial charge in [-0.2, -0.15) is 0 Å². The van der Waals surface area contributed by atoms with Crippen LogP contribution in [0.1, 0.15) is 11.5 Å². The molecule has 1 saturated heterocycles. The lowest BCUT2D eigenvalue weighted by Crippen LogP contribution is -2.25. The first kappa shape index (κ1) is 18.3. The summed E-state index contributed by atoms with van der Waals surface area (Å²) in [6.45, 7) is 0.305. The van der Waals surface area contributed by atoms with Crippen LogP contribution in [-0.2, 0) is 9.59 Å². The highest BCUT2D eigenvalue weighted by atomic mass is 16.6. The average Bonchev–Trinajstić information content (AvgIpc) is 3.25. The molecule has 1 aliphatic rings. The van der Waals surface area contributed by atoms with Crippen molar-refractivity contribution >= 4 is 34.1 Å². The first-order valence-corrected chi connectivity index (χ1v) is 8.73. The fraction of sp³-hybridized carbons (Fsp3) is 0.158. The number of hydrogen-bond acceptors (Lipinski definition) is 6. The second kappa shape index (κ2) is 7.15. The zero-order valence-electron chi connectivity index (χ0n) is 14.9. The molecule has 1 fully saturated rings. The maximum absolute atomic E-state index is 12.6. The van der Waals surface area contributed by atoms with Gasteiger partial charge in [0.25, 0.3) is 11.6 Å². The summed E-state index contributed by atoms with van der Waals surface area (Å²) < 4.78 is 0. The SMILES string of the molecule is O=C(N=Nc1c(O)[nH]c2ccc([N+](=O)[O-])cc12)[C@H]1C(=O)NC[C@@H]1c1ccccc1. The zero-order chi connectivity index (χ0) is 20.5. The summed E-state index contributed by atoms with van der Waals surface area (Å²) in [5.41, 5.74) is 0.922. The second-order valence-electron chi connectivity index (χ2n) is 6.59. The maximum Gasteiger partial charge on any atom is 0.277 e. The van der Waals surface area contributed by atoms with E-state index < -0.39 is 22.7 Å². The van der Waals surface area contributed by atoms with E-state index in [1.54, 1.807) is 0 Å². The summed E-state index contributed by atoms with van der Waals surface area (Å²) in [5.74, 6) is -3.00. The lowest BCUT2D eigenvalue weighted by atomic mass is 9.88. The molecule has 10 heteroatoms. The van der Waals surface area contributed by atoms with Crippen LogP contribution in [0.2, 0.25) is 0 Å². The van der Waals surface area contributed by atoms with Crippen LogP contribution >= 0.6 is 0 Å². The number of nitro benzene ring substituents is 1. The zero-order valence-corrected chi connectivity index (χ0v) is 14.9. The minimum absolute atomic E-state index is 0.105. The fourth-order valence-corrected chi connectivity index (χ4v) is 3.44. The van der Waals surface area contributed by atoms with Crippen molar-refractivity contribution in [1.29, 1.82) is 0 Å². The molecule has 1 aromatic heterocycles. The van der Waals surface area contributed by atoms with Crippen LogP contribution in [-0.4, -0.2) is 33.4 Å². The number of carbonyl (C=O) groups excluding carboxylic acids is 2. The quantitative estimate of drug-likeness (QED) is 0.269. The van der Waals surface area contributed by atoms with Crippen LogP contribution in [0, 0.1) is 16.0 Å². The average molecular weight is 393 g/mol. The van der Waals surface area contributed by atoms with Crippen molar-refractivity contribution in [3.63, 3.8) is 0 Å². The predicted molar refractivity (Wildman–Crippen MR) is 102 cm³/mol. The molecular weight excluding hydrogens is 378 g/mol. The molecule has 0 unspecified atom stereocenters. The summed E-state index contributed by atoms with van der Waals surface area (Å²) in [6, 6.07) is 13.0. The molecule has 2 heterocycles. The number of H-pyrrole nitrogens is 1. The Bertz CT molecular complexity index is 1150. The number of nitrogens with zero attached hydrogens (tertiary/aromatic N) is 3. The Morgan fingerprint density at radius 2 is 1.97 bits per heavy atom. The number of hydrogen-bond donors (Lipinski definition) is 3. The molecule has 3 N–H and O–H groups in total. The Morgan fingerprint density at radius 3 is 2.69 bits per heavy atom. The molecule has 0 saturated carbocycles. The Morgan fingerprint density at radius 1 is 1.21 bits per heavy atom. The molecule has 2 aromatic carbocycles. The van der Waals surface area contributed by atoms with Crippen LogP contribution in [0.3, 0.4) is 0 Å². The van der Waals surface area contributed by atoms with Gasteiger partial charge in [0, 0.05) is 30.0 Å². The van der Waals surface area contributed by atoms with Crippen molar-refractivity contribution in [3.05, 3.63) is 64.2 Å². The lowest BCUT2D eigenvalue weighted by molar-refractivity contribution is -0.384. The molecule has 4 rings (SSSR count). The first-order valence-electron chi connectivity index (χ1n) is 8.73. The molecule has 2 amide bonds. The summed E-state index contributed by atoms with van der Waals surface area (Å²) in [5, 5.41) is 31.4. The maximum atomic E-state index is 12.6. The van der Waals surface area contributed by atoms with E-state index >= 15 is 0 Å². The van der Waals surface area contributed by atoms with Crippen molar-refractivity contribution in [2.75, 3.05) is 6.54 Å². The third kappa shape index (κ3) is 3.31. The Kier molecular flexibility index (Phi) is 4.51. The van der Waals surface area contributed by atoms with E-state index in [0.717, 1.165) is 5.56 Å². The van der Waals surface area contributed by atoms with Gasteiger partial charge in [-0.25, -0.2) is 0 Å². The van der Waals surface area contributed by atoms with Crippen LogP contribution < -0.4 is 5.32 Å². The molecule has 2 atom stereocenters. The highest BCUT2D eigenvalue weighted by Gasteiger charge is 2.41. The van der Waals surface area contributed by atoms with Gasteiger partial charge in [-0.1, -0.05) is 30.3 Å². The number of carbonyl (C=O) groups is 2. The number of aromatic nitrogens is 1. The van der Waals surface area contributed by atoms with E-state index in [0.29, 0.717) is 12.1 Å². The number of nitrogens with one attached hydrogen (secondary N) is 2. The molecule has 1 aliphatic heterocycles. The smallest absolute Gasteiger partial charge is 0.277 e. The summed E-state index contributed by atoms with van der Waals surface area (Å²) in [7, 11) is 0. The molecule has 3 aromatic rings. The molecule has 146 valence electrons. The topological polar surface area (TPSA) is 150 Å². The van der Waals surface area contributed by atoms with Gasteiger partial charge in [0.1, 0.15) is 5.92 Å². The Labute approximate surface area is 163 Å². The number of aromatic amines is 1. The van der Waals surface area contributed by atoms with E-state index in [9.17, 15) is 24.8 Å². The number of rotatable bonds is 4. The molecule has 0 radical (unpaired) electrons. The van der Waals surface area contributed by atoms with Crippen LogP contribution in [0.4, 0.5) is 11.4 Å². The Balaban J connectivity index is 1.65. The van der Waals surface area contributed by atoms with E-state index in [1.165, 1.54) is 18.2 Å². The highest BCUT2D eigenvalue weighted by Crippen LogP contribution is 2.38. The minimum Gasteiger partial charge on any atom is -0.493 e. The third-order valence-corrected chi connectivity index (χ3v) is 4.87. The van der Waals surface area contributed by atoms with Crippen LogP contribution in [0.15, 0.2) is 58.8 Å². The van der Waals surface area contributed by atoms with Crippen molar-refractivity contribution in [2.24, 2.45) is 16.1 Å². The monoisotopic (exact) mass is 393 g/mol. The van der Waals surface area contributed by atoms with Gasteiger partial charge >= 0.3 is 0 Å². The van der Waals surface area contributed by atoms with E-state index in [-0.39, 0.29) is 28.6 Å². The van der Waals surface area contributed by atoms with E-state index in [1.807, 2.05) is 30.3 Å². The van der Waals surface area contributed by atoms with E-state index in [2.05, 4.69) is 20.5 Å². The molecular formula is C19H15N5O5. The number of nitro groups is 1. The number of aromatic hydroxyl groups is 1. The van der Waals surface area contributed by atoms with Crippen molar-refractivity contribution in [2.45, 2.75) is 5.92 Å². The van der Waals surface area contributed by atoms with Crippen LogP contribution in [0.25, 0.3) is 10.9 Å². The summed E-state index contributed by atoms with van der Waals surface area (Å²) in [4.78, 5) is 37.9. The van der Waals surface area contributed by atoms with Gasteiger partial charge in [0.05, 0.1) is 10.4 Å². The molecule has 29 heavy (non-hydrogen) atoms. The van der Waals surface area contributed by atoms with Crippen molar-refractivity contribution in [3.8, 4) is 5.88 Å². The first-order chi connectivity index (χ1) is 14.0. The minimum atomic E-state index is -1.04. The second-order valence-corrected chi connectivity index (χ2v) is 6.59. The normalized spacial score (nSPS) is 19.0. The number of non-ortho nitro benzene ring substituents is 1. The van der Waals surface area contributed by atoms with Crippen LogP contribution in [0.5, 0.6) is 5.88 Å². The molecule has 0 bridgehead atoms. The number of amides is 2. The van der Waals surface area contributed by atoms with Gasteiger partial charge in [-0.15, -0.1) is 10.2 Å². The van der Waals surface area contributed by atoms with Gasteiger partial charge in [0.2, 0.25) is 11.8 Å². The lowest BCUT2D eigenvalue weighted by Gasteiger charge is -2.13. The highest BCUT2D eigenvalue weighted by molar-refractivity contribution is 6.03. The summed E-state index contributed by atoms with van der Waals surface area (Å²) in [6.07, 6.45) is 0. The largest absolute Gasteiger partial charge is 0.493 e. The van der Waals surface area contributed by atoms with Gasteiger partial charge in [0.15, 0.2) is 5.69 Å². The van der Waals surface area contributed by atoms with Crippen molar-refractivity contribution in [1.82, 2.24) is 10.3 Å².